The van der Waals surface area contributed by atoms with Crippen LogP contribution < -0.4 is 0 Å². The zero-order valence-corrected chi connectivity index (χ0v) is 20.2. The molecule has 0 bridgehead atoms. The molecule has 0 amide bonds. The predicted molar refractivity (Wildman–Crippen MR) is 159 cm³/mol. The number of fused-ring (bicyclic) bond motifs is 7. The van der Waals surface area contributed by atoms with Gasteiger partial charge in [-0.1, -0.05) is 115 Å². The largest absolute Gasteiger partial charge is 0.309 e. The summed E-state index contributed by atoms with van der Waals surface area (Å²) >= 11 is 0. The molecule has 0 fully saturated rings. The molecule has 7 aromatic carbocycles. The molecule has 0 radical (unpaired) electrons. The monoisotopic (exact) mass is 469 g/mol. The molecule has 0 atom stereocenters. The zero-order valence-electron chi connectivity index (χ0n) is 20.2. The molecule has 1 heteroatoms. The van der Waals surface area contributed by atoms with E-state index in [1.54, 1.807) is 0 Å². The van der Waals surface area contributed by atoms with E-state index in [1.807, 2.05) is 0 Å². The summed E-state index contributed by atoms with van der Waals surface area (Å²) < 4.78 is 2.45. The third kappa shape index (κ3) is 2.98. The van der Waals surface area contributed by atoms with Crippen LogP contribution in [0, 0.1) is 0 Å². The Bertz CT molecular complexity index is 2140. The number of hydrogen-bond acceptors (Lipinski definition) is 0. The number of hydrogen-bond donors (Lipinski definition) is 0. The molecule has 8 rings (SSSR count). The summed E-state index contributed by atoms with van der Waals surface area (Å²) in [5.74, 6) is 0. The molecule has 0 aliphatic rings. The van der Waals surface area contributed by atoms with Crippen molar-refractivity contribution >= 4 is 54.1 Å². The maximum Gasteiger partial charge on any atom is 0.0547 e. The summed E-state index contributed by atoms with van der Waals surface area (Å²) in [6, 6.07) is 50.8. The van der Waals surface area contributed by atoms with Gasteiger partial charge in [0.05, 0.1) is 16.7 Å². The highest BCUT2D eigenvalue weighted by Gasteiger charge is 2.17. The summed E-state index contributed by atoms with van der Waals surface area (Å²) in [6.45, 7) is 0. The highest BCUT2D eigenvalue weighted by Crippen LogP contribution is 2.40. The molecule has 0 N–H and O–H groups in total. The Morgan fingerprint density at radius 1 is 0.378 bits per heavy atom. The minimum absolute atomic E-state index is 1.21. The van der Waals surface area contributed by atoms with Gasteiger partial charge in [-0.25, -0.2) is 0 Å². The van der Waals surface area contributed by atoms with E-state index in [1.165, 1.54) is 70.9 Å². The fraction of sp³-hybridized carbons (Fsp3) is 0. The van der Waals surface area contributed by atoms with Crippen molar-refractivity contribution in [1.82, 2.24) is 4.57 Å². The van der Waals surface area contributed by atoms with Gasteiger partial charge in [0.2, 0.25) is 0 Å². The van der Waals surface area contributed by atoms with Crippen molar-refractivity contribution in [2.45, 2.75) is 0 Å². The minimum atomic E-state index is 1.21. The molecule has 0 spiro atoms. The van der Waals surface area contributed by atoms with Gasteiger partial charge >= 0.3 is 0 Å². The van der Waals surface area contributed by atoms with Crippen LogP contribution in [0.15, 0.2) is 140 Å². The van der Waals surface area contributed by atoms with E-state index in [4.69, 9.17) is 0 Å². The third-order valence-corrected chi connectivity index (χ3v) is 7.76. The molecule has 0 saturated carbocycles. The average Bonchev–Trinajstić information content (AvgIpc) is 3.31. The average molecular weight is 470 g/mol. The lowest BCUT2D eigenvalue weighted by Crippen LogP contribution is -1.96. The molecule has 0 aliphatic heterocycles. The van der Waals surface area contributed by atoms with Crippen LogP contribution in [0.1, 0.15) is 0 Å². The molecule has 1 heterocycles. The predicted octanol–water partition coefficient (Wildman–Crippen LogP) is 9.91. The van der Waals surface area contributed by atoms with Crippen LogP contribution in [0.3, 0.4) is 0 Å². The minimum Gasteiger partial charge on any atom is -0.309 e. The fourth-order valence-electron chi connectivity index (χ4n) is 6.09. The normalized spacial score (nSPS) is 11.8. The van der Waals surface area contributed by atoms with E-state index in [-0.39, 0.29) is 0 Å². The summed E-state index contributed by atoms with van der Waals surface area (Å²) in [5.41, 5.74) is 6.19. The molecule has 37 heavy (non-hydrogen) atoms. The Labute approximate surface area is 214 Å². The standard InChI is InChI=1S/C36H23N/c1-2-11-26-23-27(18-17-24(26)9-1)28-20-22-34(31-14-6-5-13-30(28)31)37-33-16-8-7-15-32(33)36-29-12-4-3-10-25(29)19-21-35(36)37/h1-23H. The lowest BCUT2D eigenvalue weighted by atomic mass is 9.95. The second kappa shape index (κ2) is 7.81. The topological polar surface area (TPSA) is 4.93 Å². The van der Waals surface area contributed by atoms with Crippen molar-refractivity contribution in [1.29, 1.82) is 0 Å². The van der Waals surface area contributed by atoms with E-state index < -0.39 is 0 Å². The second-order valence-electron chi connectivity index (χ2n) is 9.77. The quantitative estimate of drug-likeness (QED) is 0.237. The highest BCUT2D eigenvalue weighted by atomic mass is 15.0. The summed E-state index contributed by atoms with van der Waals surface area (Å²) in [7, 11) is 0. The first-order valence-corrected chi connectivity index (χ1v) is 12.8. The van der Waals surface area contributed by atoms with Crippen LogP contribution in [0.2, 0.25) is 0 Å². The maximum atomic E-state index is 2.45. The highest BCUT2D eigenvalue weighted by molar-refractivity contribution is 6.22. The fourth-order valence-corrected chi connectivity index (χ4v) is 6.09. The number of rotatable bonds is 2. The van der Waals surface area contributed by atoms with Crippen LogP contribution in [-0.4, -0.2) is 4.57 Å². The van der Waals surface area contributed by atoms with Crippen LogP contribution in [0.4, 0.5) is 0 Å². The first kappa shape index (κ1) is 20.3. The zero-order chi connectivity index (χ0) is 24.3. The van der Waals surface area contributed by atoms with Crippen LogP contribution in [0.5, 0.6) is 0 Å². The molecule has 0 saturated heterocycles. The van der Waals surface area contributed by atoms with E-state index in [9.17, 15) is 0 Å². The van der Waals surface area contributed by atoms with Crippen LogP contribution >= 0.6 is 0 Å². The summed E-state index contributed by atoms with van der Waals surface area (Å²) in [6.07, 6.45) is 0. The lowest BCUT2D eigenvalue weighted by molar-refractivity contribution is 1.20. The SMILES string of the molecule is c1ccc2cc(-c3ccc(-n4c5ccccc5c5c6ccccc6ccc54)c4ccccc34)ccc2c1. The molecule has 1 aromatic heterocycles. The Hall–Kier alpha value is -4.88. The number of aromatic nitrogens is 1. The first-order chi connectivity index (χ1) is 18.4. The van der Waals surface area contributed by atoms with Gasteiger partial charge in [-0.15, -0.1) is 0 Å². The van der Waals surface area contributed by atoms with Gasteiger partial charge in [0, 0.05) is 16.2 Å². The van der Waals surface area contributed by atoms with Gasteiger partial charge in [-0.05, 0) is 62.3 Å². The van der Waals surface area contributed by atoms with Crippen molar-refractivity contribution in [2.75, 3.05) is 0 Å². The van der Waals surface area contributed by atoms with Gasteiger partial charge in [-0.3, -0.25) is 0 Å². The van der Waals surface area contributed by atoms with Crippen LogP contribution in [0.25, 0.3) is 70.9 Å². The van der Waals surface area contributed by atoms with Crippen molar-refractivity contribution < 1.29 is 0 Å². The number of nitrogens with zero attached hydrogens (tertiary/aromatic N) is 1. The third-order valence-electron chi connectivity index (χ3n) is 7.76. The summed E-state index contributed by atoms with van der Waals surface area (Å²) in [5, 5.41) is 10.2. The lowest BCUT2D eigenvalue weighted by Gasteiger charge is -2.15. The summed E-state index contributed by atoms with van der Waals surface area (Å²) in [4.78, 5) is 0. The van der Waals surface area contributed by atoms with Gasteiger partial charge in [0.1, 0.15) is 0 Å². The Morgan fingerprint density at radius 2 is 1.03 bits per heavy atom. The van der Waals surface area contributed by atoms with Gasteiger partial charge in [0.25, 0.3) is 0 Å². The first-order valence-electron chi connectivity index (χ1n) is 12.8. The van der Waals surface area contributed by atoms with Gasteiger partial charge in [-0.2, -0.15) is 0 Å². The van der Waals surface area contributed by atoms with Crippen molar-refractivity contribution in [3.05, 3.63) is 140 Å². The number of benzene rings is 7. The molecule has 0 aliphatic carbocycles. The Morgan fingerprint density at radius 3 is 1.89 bits per heavy atom. The smallest absolute Gasteiger partial charge is 0.0547 e. The van der Waals surface area contributed by atoms with E-state index in [0.717, 1.165) is 0 Å². The van der Waals surface area contributed by atoms with Crippen molar-refractivity contribution in [3.63, 3.8) is 0 Å². The van der Waals surface area contributed by atoms with E-state index in [2.05, 4.69) is 144 Å². The van der Waals surface area contributed by atoms with Gasteiger partial charge < -0.3 is 4.57 Å². The molecule has 172 valence electrons. The van der Waals surface area contributed by atoms with E-state index in [0.29, 0.717) is 0 Å². The van der Waals surface area contributed by atoms with Gasteiger partial charge in [0.15, 0.2) is 0 Å². The second-order valence-corrected chi connectivity index (χ2v) is 9.77. The molecular formula is C36H23N. The molecule has 8 aromatic rings. The van der Waals surface area contributed by atoms with E-state index >= 15 is 0 Å². The number of para-hydroxylation sites is 1. The Balaban J connectivity index is 1.46. The maximum absolute atomic E-state index is 2.45. The van der Waals surface area contributed by atoms with Crippen LogP contribution in [-0.2, 0) is 0 Å². The molecule has 0 unspecified atom stereocenters. The molecule has 1 nitrogen and oxygen atoms in total. The Kier molecular flexibility index (Phi) is 4.29. The molecular weight excluding hydrogens is 446 g/mol. The van der Waals surface area contributed by atoms with Crippen molar-refractivity contribution in [2.24, 2.45) is 0 Å². The van der Waals surface area contributed by atoms with Crippen molar-refractivity contribution in [3.8, 4) is 16.8 Å².